The molecular weight excluding hydrogens is 379 g/mol. The van der Waals surface area contributed by atoms with Gasteiger partial charge in [-0.1, -0.05) is 74.7 Å². The molecule has 1 heteroatoms. The third-order valence-electron chi connectivity index (χ3n) is 8.55. The van der Waals surface area contributed by atoms with E-state index in [9.17, 15) is 0 Å². The lowest BCUT2D eigenvalue weighted by molar-refractivity contribution is 0.469. The van der Waals surface area contributed by atoms with Crippen molar-refractivity contribution in [1.82, 2.24) is 0 Å². The fourth-order valence-corrected chi connectivity index (χ4v) is 13.0. The molecule has 0 aliphatic heterocycles. The summed E-state index contributed by atoms with van der Waals surface area (Å²) >= 11 is 0. The van der Waals surface area contributed by atoms with Crippen molar-refractivity contribution >= 4 is 7.92 Å². The molecule has 0 saturated heterocycles. The van der Waals surface area contributed by atoms with Crippen molar-refractivity contribution in [1.29, 1.82) is 0 Å². The molecular formula is C29H40P+. The van der Waals surface area contributed by atoms with Crippen molar-refractivity contribution in [3.8, 4) is 11.1 Å². The van der Waals surface area contributed by atoms with Crippen molar-refractivity contribution in [2.75, 3.05) is 0 Å². The van der Waals surface area contributed by atoms with Gasteiger partial charge in [0.1, 0.15) is 5.16 Å². The number of unbranched alkanes of at least 4 members (excludes halogenated alkanes) is 1. The van der Waals surface area contributed by atoms with E-state index in [4.69, 9.17) is 0 Å². The van der Waals surface area contributed by atoms with Crippen LogP contribution in [0.3, 0.4) is 0 Å². The third-order valence-corrected chi connectivity index (χ3v) is 13.2. The lowest BCUT2D eigenvalue weighted by Crippen LogP contribution is -2.34. The molecule has 5 rings (SSSR count). The SMILES string of the molecule is CCCCC1([PH+](C2CCCCC2)C2CCCCC2)c2ccccc2-c2ccccc21. The molecule has 0 bridgehead atoms. The molecule has 3 aliphatic carbocycles. The zero-order valence-corrected chi connectivity index (χ0v) is 20.0. The van der Waals surface area contributed by atoms with Crippen molar-refractivity contribution in [2.24, 2.45) is 0 Å². The molecule has 160 valence electrons. The molecule has 0 aromatic heterocycles. The molecule has 2 aromatic rings. The predicted molar refractivity (Wildman–Crippen MR) is 134 cm³/mol. The number of hydrogen-bond donors (Lipinski definition) is 0. The topological polar surface area (TPSA) is 0 Å². The van der Waals surface area contributed by atoms with Crippen LogP contribution >= 0.6 is 7.92 Å². The van der Waals surface area contributed by atoms with Crippen LogP contribution in [0.5, 0.6) is 0 Å². The summed E-state index contributed by atoms with van der Waals surface area (Å²) in [4.78, 5) is 0. The van der Waals surface area contributed by atoms with Crippen molar-refractivity contribution in [3.05, 3.63) is 59.7 Å². The summed E-state index contributed by atoms with van der Waals surface area (Å²) in [5.41, 5.74) is 8.62. The summed E-state index contributed by atoms with van der Waals surface area (Å²) in [6.45, 7) is 2.40. The Morgan fingerprint density at radius 3 is 1.63 bits per heavy atom. The molecule has 0 nitrogen and oxygen atoms in total. The first kappa shape index (κ1) is 20.8. The van der Waals surface area contributed by atoms with Gasteiger partial charge in [-0.25, -0.2) is 0 Å². The monoisotopic (exact) mass is 419 g/mol. The van der Waals surface area contributed by atoms with Gasteiger partial charge >= 0.3 is 0 Å². The molecule has 0 heterocycles. The van der Waals surface area contributed by atoms with Crippen LogP contribution in [0.2, 0.25) is 0 Å². The van der Waals surface area contributed by atoms with Gasteiger partial charge < -0.3 is 0 Å². The van der Waals surface area contributed by atoms with Crippen LogP contribution in [0.25, 0.3) is 11.1 Å². The Labute approximate surface area is 185 Å². The summed E-state index contributed by atoms with van der Waals surface area (Å²) in [5.74, 6) is 0. The summed E-state index contributed by atoms with van der Waals surface area (Å²) < 4.78 is 0. The first-order valence-electron chi connectivity index (χ1n) is 12.9. The van der Waals surface area contributed by atoms with Gasteiger partial charge in [-0.2, -0.15) is 0 Å². The second kappa shape index (κ2) is 9.16. The quantitative estimate of drug-likeness (QED) is 0.410. The average Bonchev–Trinajstić information content (AvgIpc) is 3.10. The molecule has 0 amide bonds. The lowest BCUT2D eigenvalue weighted by Gasteiger charge is -2.44. The number of benzene rings is 2. The molecule has 0 spiro atoms. The fraction of sp³-hybridized carbons (Fsp3) is 0.586. The lowest BCUT2D eigenvalue weighted by atomic mass is 9.90. The van der Waals surface area contributed by atoms with Gasteiger partial charge in [0.25, 0.3) is 0 Å². The van der Waals surface area contributed by atoms with Crippen LogP contribution in [0.1, 0.15) is 102 Å². The van der Waals surface area contributed by atoms with Gasteiger partial charge in [0.2, 0.25) is 0 Å². The number of hydrogen-bond acceptors (Lipinski definition) is 0. The fourth-order valence-electron chi connectivity index (χ4n) is 7.35. The van der Waals surface area contributed by atoms with E-state index < -0.39 is 7.92 Å². The van der Waals surface area contributed by atoms with Crippen LogP contribution in [0, 0.1) is 0 Å². The zero-order chi connectivity index (χ0) is 20.4. The standard InChI is InChI=1S/C29H39P/c1-2-3-22-29(27-20-12-10-18-25(27)26-19-11-13-21-28(26)29)30(23-14-6-4-7-15-23)24-16-8-5-9-17-24/h10-13,18-21,23-24H,2-9,14-17,22H2,1H3/p+1. The van der Waals surface area contributed by atoms with Gasteiger partial charge in [0, 0.05) is 19.0 Å². The van der Waals surface area contributed by atoms with E-state index in [-0.39, 0.29) is 0 Å². The van der Waals surface area contributed by atoms with E-state index in [1.807, 2.05) is 0 Å². The molecule has 0 radical (unpaired) electrons. The Bertz CT molecular complexity index is 777. The Hall–Kier alpha value is -1.13. The first-order valence-corrected chi connectivity index (χ1v) is 14.6. The summed E-state index contributed by atoms with van der Waals surface area (Å²) in [6.07, 6.45) is 19.0. The number of rotatable bonds is 6. The minimum atomic E-state index is -0.579. The second-order valence-corrected chi connectivity index (χ2v) is 13.6. The molecule has 2 fully saturated rings. The molecule has 0 unspecified atom stereocenters. The summed E-state index contributed by atoms with van der Waals surface area (Å²) in [6, 6.07) is 19.2. The van der Waals surface area contributed by atoms with E-state index in [2.05, 4.69) is 55.5 Å². The molecule has 2 saturated carbocycles. The molecule has 0 N–H and O–H groups in total. The Balaban J connectivity index is 1.71. The van der Waals surface area contributed by atoms with E-state index in [0.717, 1.165) is 11.3 Å². The average molecular weight is 420 g/mol. The highest BCUT2D eigenvalue weighted by molar-refractivity contribution is 7.60. The van der Waals surface area contributed by atoms with Crippen molar-refractivity contribution < 1.29 is 0 Å². The summed E-state index contributed by atoms with van der Waals surface area (Å²) in [5, 5.41) is 0.345. The van der Waals surface area contributed by atoms with Crippen LogP contribution in [-0.4, -0.2) is 11.3 Å². The van der Waals surface area contributed by atoms with Gasteiger partial charge in [0.05, 0.1) is 11.3 Å². The van der Waals surface area contributed by atoms with Crippen molar-refractivity contribution in [3.63, 3.8) is 0 Å². The zero-order valence-electron chi connectivity index (χ0n) is 19.0. The highest BCUT2D eigenvalue weighted by atomic mass is 31.1. The van der Waals surface area contributed by atoms with Crippen molar-refractivity contribution in [2.45, 2.75) is 107 Å². The van der Waals surface area contributed by atoms with Crippen LogP contribution in [0.4, 0.5) is 0 Å². The molecule has 0 atom stereocenters. The van der Waals surface area contributed by atoms with Crippen LogP contribution in [-0.2, 0) is 5.16 Å². The Morgan fingerprint density at radius 2 is 1.17 bits per heavy atom. The van der Waals surface area contributed by atoms with Gasteiger partial charge in [-0.15, -0.1) is 0 Å². The van der Waals surface area contributed by atoms with Crippen LogP contribution < -0.4 is 0 Å². The second-order valence-electron chi connectivity index (χ2n) is 10.2. The predicted octanol–water partition coefficient (Wildman–Crippen LogP) is 8.98. The minimum absolute atomic E-state index is 0.345. The maximum atomic E-state index is 2.54. The van der Waals surface area contributed by atoms with E-state index in [0.29, 0.717) is 5.16 Å². The van der Waals surface area contributed by atoms with E-state index in [1.165, 1.54) is 83.5 Å². The van der Waals surface area contributed by atoms with Gasteiger partial charge in [0.15, 0.2) is 0 Å². The van der Waals surface area contributed by atoms with E-state index >= 15 is 0 Å². The Kier molecular flexibility index (Phi) is 6.34. The maximum Gasteiger partial charge on any atom is 0.129 e. The van der Waals surface area contributed by atoms with Gasteiger partial charge in [-0.05, 0) is 75.3 Å². The first-order chi connectivity index (χ1) is 14.9. The smallest absolute Gasteiger partial charge is 0.0654 e. The third kappa shape index (κ3) is 3.48. The highest BCUT2D eigenvalue weighted by Crippen LogP contribution is 2.74. The largest absolute Gasteiger partial charge is 0.129 e. The maximum absolute atomic E-state index is 2.54. The molecule has 2 aromatic carbocycles. The highest BCUT2D eigenvalue weighted by Gasteiger charge is 2.58. The Morgan fingerprint density at radius 1 is 0.700 bits per heavy atom. The normalized spacial score (nSPS) is 21.5. The molecule has 3 aliphatic rings. The molecule has 30 heavy (non-hydrogen) atoms. The summed E-state index contributed by atoms with van der Waals surface area (Å²) in [7, 11) is -0.579. The van der Waals surface area contributed by atoms with Crippen LogP contribution in [0.15, 0.2) is 48.5 Å². The van der Waals surface area contributed by atoms with E-state index in [1.54, 1.807) is 22.3 Å². The number of fused-ring (bicyclic) bond motifs is 3. The minimum Gasteiger partial charge on any atom is -0.0654 e. The van der Waals surface area contributed by atoms with Gasteiger partial charge in [-0.3, -0.25) is 0 Å².